The summed E-state index contributed by atoms with van der Waals surface area (Å²) in [5.41, 5.74) is -0.571. The Labute approximate surface area is 148 Å². The van der Waals surface area contributed by atoms with Crippen LogP contribution in [0.4, 0.5) is 0 Å². The Hall–Kier alpha value is -1.75. The Morgan fingerprint density at radius 2 is 1.88 bits per heavy atom. The summed E-state index contributed by atoms with van der Waals surface area (Å²) in [6.07, 6.45) is 1.50. The molecule has 0 saturated carbocycles. The van der Waals surface area contributed by atoms with E-state index in [2.05, 4.69) is 5.32 Å². The zero-order chi connectivity index (χ0) is 17.6. The number of amides is 2. The number of nitrogens with one attached hydrogen (secondary N) is 1. The summed E-state index contributed by atoms with van der Waals surface area (Å²) in [4.78, 5) is 26.1. The van der Waals surface area contributed by atoms with E-state index in [-0.39, 0.29) is 30.3 Å². The van der Waals surface area contributed by atoms with Crippen LogP contribution in [0.15, 0.2) is 30.3 Å². The average Bonchev–Trinajstić information content (AvgIpc) is 2.61. The Morgan fingerprint density at radius 3 is 2.46 bits per heavy atom. The molecule has 0 unspecified atom stereocenters. The van der Waals surface area contributed by atoms with E-state index in [4.69, 9.17) is 16.3 Å². The number of piperidine rings is 1. The minimum Gasteiger partial charge on any atom is -0.484 e. The normalized spacial score (nSPS) is 15.9. The van der Waals surface area contributed by atoms with Crippen molar-refractivity contribution in [2.24, 2.45) is 5.41 Å². The van der Waals surface area contributed by atoms with Gasteiger partial charge in [-0.05, 0) is 38.8 Å². The van der Waals surface area contributed by atoms with Crippen LogP contribution in [-0.4, -0.2) is 48.3 Å². The molecule has 1 saturated heterocycles. The third-order valence-corrected chi connectivity index (χ3v) is 4.91. The van der Waals surface area contributed by atoms with Gasteiger partial charge in [-0.3, -0.25) is 9.59 Å². The van der Waals surface area contributed by atoms with Crippen LogP contribution in [0.2, 0.25) is 0 Å². The fraction of sp³-hybridized carbons (Fsp3) is 0.556. The van der Waals surface area contributed by atoms with E-state index < -0.39 is 5.41 Å². The first-order valence-corrected chi connectivity index (χ1v) is 8.78. The highest BCUT2D eigenvalue weighted by Crippen LogP contribution is 2.19. The van der Waals surface area contributed by atoms with E-state index >= 15 is 0 Å². The van der Waals surface area contributed by atoms with Gasteiger partial charge in [0.15, 0.2) is 6.61 Å². The van der Waals surface area contributed by atoms with Crippen molar-refractivity contribution in [1.82, 2.24) is 10.2 Å². The molecule has 1 aliphatic heterocycles. The SMILES string of the molecule is CC(C)(CCl)C(=O)NC1CCN(C(=O)COc2ccccc2)CC1. The van der Waals surface area contributed by atoms with Crippen molar-refractivity contribution < 1.29 is 14.3 Å². The maximum atomic E-state index is 12.2. The highest BCUT2D eigenvalue weighted by molar-refractivity contribution is 6.19. The van der Waals surface area contributed by atoms with Crippen LogP contribution in [-0.2, 0) is 9.59 Å². The van der Waals surface area contributed by atoms with Crippen LogP contribution < -0.4 is 10.1 Å². The topological polar surface area (TPSA) is 58.6 Å². The summed E-state index contributed by atoms with van der Waals surface area (Å²) in [6, 6.07) is 9.40. The van der Waals surface area contributed by atoms with Crippen molar-refractivity contribution >= 4 is 23.4 Å². The fourth-order valence-electron chi connectivity index (χ4n) is 2.47. The number of hydrogen-bond donors (Lipinski definition) is 1. The van der Waals surface area contributed by atoms with Crippen LogP contribution in [0.3, 0.4) is 0 Å². The average molecular weight is 353 g/mol. The van der Waals surface area contributed by atoms with E-state index in [1.807, 2.05) is 44.2 Å². The molecule has 1 aliphatic rings. The van der Waals surface area contributed by atoms with Gasteiger partial charge in [0.1, 0.15) is 5.75 Å². The van der Waals surface area contributed by atoms with Crippen molar-refractivity contribution in [3.8, 4) is 5.75 Å². The first kappa shape index (κ1) is 18.6. The number of ether oxygens (including phenoxy) is 1. The van der Waals surface area contributed by atoms with Gasteiger partial charge in [-0.15, -0.1) is 11.6 Å². The molecule has 1 heterocycles. The molecule has 0 aromatic heterocycles. The number of carbonyl (C=O) groups excluding carboxylic acids is 2. The first-order chi connectivity index (χ1) is 11.4. The second-order valence-electron chi connectivity index (χ2n) is 6.75. The number of carbonyl (C=O) groups is 2. The third-order valence-electron chi connectivity index (χ3n) is 4.24. The molecular formula is C18H25ClN2O3. The lowest BCUT2D eigenvalue weighted by Crippen LogP contribution is -2.50. The van der Waals surface area contributed by atoms with Crippen LogP contribution in [0.25, 0.3) is 0 Å². The molecule has 5 nitrogen and oxygen atoms in total. The van der Waals surface area contributed by atoms with E-state index in [1.165, 1.54) is 0 Å². The quantitative estimate of drug-likeness (QED) is 0.800. The van der Waals surface area contributed by atoms with Gasteiger partial charge in [0.25, 0.3) is 5.91 Å². The maximum Gasteiger partial charge on any atom is 0.260 e. The molecular weight excluding hydrogens is 328 g/mol. The number of likely N-dealkylation sites (tertiary alicyclic amines) is 1. The van der Waals surface area contributed by atoms with Gasteiger partial charge in [-0.1, -0.05) is 18.2 Å². The smallest absolute Gasteiger partial charge is 0.260 e. The van der Waals surface area contributed by atoms with Crippen LogP contribution >= 0.6 is 11.6 Å². The van der Waals surface area contributed by atoms with Gasteiger partial charge in [0, 0.05) is 25.0 Å². The molecule has 24 heavy (non-hydrogen) atoms. The predicted molar refractivity (Wildman–Crippen MR) is 94.2 cm³/mol. The number of nitrogens with zero attached hydrogens (tertiary/aromatic N) is 1. The maximum absolute atomic E-state index is 12.2. The standard InChI is InChI=1S/C18H25ClN2O3/c1-18(2,13-19)17(23)20-14-8-10-21(11-9-14)16(22)12-24-15-6-4-3-5-7-15/h3-7,14H,8-13H2,1-2H3,(H,20,23). The molecule has 0 radical (unpaired) electrons. The van der Waals surface area contributed by atoms with E-state index in [0.717, 1.165) is 12.8 Å². The summed E-state index contributed by atoms with van der Waals surface area (Å²) in [5, 5.41) is 3.03. The van der Waals surface area contributed by atoms with E-state index in [1.54, 1.807) is 4.90 Å². The van der Waals surface area contributed by atoms with Gasteiger partial charge in [-0.2, -0.15) is 0 Å². The number of halogens is 1. The number of benzene rings is 1. The van der Waals surface area contributed by atoms with Gasteiger partial charge < -0.3 is 15.0 Å². The Bertz CT molecular complexity index is 555. The lowest BCUT2D eigenvalue weighted by molar-refractivity contribution is -0.134. The first-order valence-electron chi connectivity index (χ1n) is 8.25. The van der Waals surface area contributed by atoms with Crippen molar-refractivity contribution in [2.45, 2.75) is 32.7 Å². The molecule has 1 N–H and O–H groups in total. The van der Waals surface area contributed by atoms with Crippen molar-refractivity contribution in [3.05, 3.63) is 30.3 Å². The van der Waals surface area contributed by atoms with Crippen LogP contribution in [0.1, 0.15) is 26.7 Å². The van der Waals surface area contributed by atoms with Gasteiger partial charge in [-0.25, -0.2) is 0 Å². The van der Waals surface area contributed by atoms with Crippen molar-refractivity contribution in [1.29, 1.82) is 0 Å². The number of rotatable bonds is 6. The molecule has 0 atom stereocenters. The summed E-state index contributed by atoms with van der Waals surface area (Å²) in [7, 11) is 0. The summed E-state index contributed by atoms with van der Waals surface area (Å²) in [5.74, 6) is 0.920. The zero-order valence-electron chi connectivity index (χ0n) is 14.3. The van der Waals surface area contributed by atoms with Crippen LogP contribution in [0.5, 0.6) is 5.75 Å². The van der Waals surface area contributed by atoms with Crippen molar-refractivity contribution in [2.75, 3.05) is 25.6 Å². The summed E-state index contributed by atoms with van der Waals surface area (Å²) >= 11 is 5.83. The lowest BCUT2D eigenvalue weighted by Gasteiger charge is -2.34. The second-order valence-corrected chi connectivity index (χ2v) is 7.02. The molecule has 0 spiro atoms. The Morgan fingerprint density at radius 1 is 1.25 bits per heavy atom. The van der Waals surface area contributed by atoms with Crippen molar-refractivity contribution in [3.63, 3.8) is 0 Å². The lowest BCUT2D eigenvalue weighted by atomic mass is 9.93. The highest BCUT2D eigenvalue weighted by Gasteiger charge is 2.30. The molecule has 1 fully saturated rings. The third kappa shape index (κ3) is 5.13. The minimum absolute atomic E-state index is 0.0234. The predicted octanol–water partition coefficient (Wildman–Crippen LogP) is 2.44. The second kappa shape index (κ2) is 8.38. The molecule has 0 bridgehead atoms. The van der Waals surface area contributed by atoms with Crippen LogP contribution in [0, 0.1) is 5.41 Å². The van der Waals surface area contributed by atoms with Gasteiger partial charge in [0.05, 0.1) is 5.41 Å². The molecule has 0 aliphatic carbocycles. The fourth-order valence-corrected chi connectivity index (χ4v) is 2.59. The van der Waals surface area contributed by atoms with E-state index in [9.17, 15) is 9.59 Å². The molecule has 6 heteroatoms. The molecule has 1 aromatic rings. The number of hydrogen-bond acceptors (Lipinski definition) is 3. The van der Waals surface area contributed by atoms with Gasteiger partial charge >= 0.3 is 0 Å². The summed E-state index contributed by atoms with van der Waals surface area (Å²) < 4.78 is 5.50. The van der Waals surface area contributed by atoms with E-state index in [0.29, 0.717) is 18.8 Å². The minimum atomic E-state index is -0.571. The zero-order valence-corrected chi connectivity index (χ0v) is 15.0. The largest absolute Gasteiger partial charge is 0.484 e. The van der Waals surface area contributed by atoms with Gasteiger partial charge in [0.2, 0.25) is 5.91 Å². The monoisotopic (exact) mass is 352 g/mol. The number of alkyl halides is 1. The Balaban J connectivity index is 1.74. The molecule has 2 amide bonds. The molecule has 132 valence electrons. The molecule has 2 rings (SSSR count). The Kier molecular flexibility index (Phi) is 6.49. The number of para-hydroxylation sites is 1. The molecule has 1 aromatic carbocycles. The highest BCUT2D eigenvalue weighted by atomic mass is 35.5. The summed E-state index contributed by atoms with van der Waals surface area (Å²) in [6.45, 7) is 4.95.